The van der Waals surface area contributed by atoms with E-state index in [0.29, 0.717) is 12.6 Å². The molecule has 2 aliphatic carbocycles. The van der Waals surface area contributed by atoms with Crippen molar-refractivity contribution in [2.45, 2.75) is 51.0 Å². The zero-order valence-corrected chi connectivity index (χ0v) is 10.4. The van der Waals surface area contributed by atoms with Crippen LogP contribution in [0.3, 0.4) is 0 Å². The normalized spacial score (nSPS) is 22.1. The minimum Gasteiger partial charge on any atom is -0.344 e. The Hall–Kier alpha value is -0.570. The highest BCUT2D eigenvalue weighted by Gasteiger charge is 2.22. The van der Waals surface area contributed by atoms with Crippen LogP contribution in [0, 0.1) is 5.92 Å². The lowest BCUT2D eigenvalue weighted by atomic mass is 9.85. The highest BCUT2D eigenvalue weighted by atomic mass is 16.2. The van der Waals surface area contributed by atoms with Crippen LogP contribution in [0.5, 0.6) is 0 Å². The van der Waals surface area contributed by atoms with Crippen molar-refractivity contribution in [3.63, 3.8) is 0 Å². The van der Waals surface area contributed by atoms with Crippen molar-refractivity contribution in [2.75, 3.05) is 20.1 Å². The van der Waals surface area contributed by atoms with Gasteiger partial charge in [-0.05, 0) is 31.6 Å². The quantitative estimate of drug-likeness (QED) is 0.772. The van der Waals surface area contributed by atoms with Gasteiger partial charge in [0, 0.05) is 19.6 Å². The molecule has 3 heteroatoms. The molecule has 0 bridgehead atoms. The summed E-state index contributed by atoms with van der Waals surface area (Å²) in [5, 5.41) is 3.38. The SMILES string of the molecule is CN(CC1CCC1)C(=O)CNC1CCCC1. The molecule has 3 nitrogen and oxygen atoms in total. The summed E-state index contributed by atoms with van der Waals surface area (Å²) < 4.78 is 0. The van der Waals surface area contributed by atoms with E-state index in [1.54, 1.807) is 0 Å². The summed E-state index contributed by atoms with van der Waals surface area (Å²) in [5.74, 6) is 1.04. The van der Waals surface area contributed by atoms with E-state index < -0.39 is 0 Å². The lowest BCUT2D eigenvalue weighted by Gasteiger charge is -2.30. The third-order valence-corrected chi connectivity index (χ3v) is 4.08. The number of carbonyl (C=O) groups excluding carboxylic acids is 1. The fourth-order valence-corrected chi connectivity index (χ4v) is 2.66. The summed E-state index contributed by atoms with van der Waals surface area (Å²) in [6.07, 6.45) is 9.13. The summed E-state index contributed by atoms with van der Waals surface area (Å²) in [5.41, 5.74) is 0. The van der Waals surface area contributed by atoms with Crippen LogP contribution in [-0.4, -0.2) is 37.0 Å². The third-order valence-electron chi connectivity index (χ3n) is 4.08. The highest BCUT2D eigenvalue weighted by Crippen LogP contribution is 2.26. The lowest BCUT2D eigenvalue weighted by molar-refractivity contribution is -0.130. The number of hydrogen-bond donors (Lipinski definition) is 1. The van der Waals surface area contributed by atoms with Gasteiger partial charge in [0.1, 0.15) is 0 Å². The number of rotatable bonds is 5. The molecule has 0 spiro atoms. The Morgan fingerprint density at radius 2 is 1.88 bits per heavy atom. The van der Waals surface area contributed by atoms with Gasteiger partial charge < -0.3 is 10.2 Å². The van der Waals surface area contributed by atoms with Crippen LogP contribution in [0.15, 0.2) is 0 Å². The molecular formula is C13H24N2O. The Morgan fingerprint density at radius 1 is 1.19 bits per heavy atom. The molecule has 0 radical (unpaired) electrons. The Balaban J connectivity index is 1.61. The van der Waals surface area contributed by atoms with Crippen LogP contribution in [0.4, 0.5) is 0 Å². The zero-order valence-electron chi connectivity index (χ0n) is 10.4. The van der Waals surface area contributed by atoms with Crippen LogP contribution in [-0.2, 0) is 4.79 Å². The predicted molar refractivity (Wildman–Crippen MR) is 65.2 cm³/mol. The Kier molecular flexibility index (Phi) is 4.22. The monoisotopic (exact) mass is 224 g/mol. The second kappa shape index (κ2) is 5.67. The Morgan fingerprint density at radius 3 is 2.44 bits per heavy atom. The largest absolute Gasteiger partial charge is 0.344 e. The molecule has 2 fully saturated rings. The van der Waals surface area contributed by atoms with Crippen LogP contribution in [0.2, 0.25) is 0 Å². The van der Waals surface area contributed by atoms with Crippen LogP contribution in [0.1, 0.15) is 44.9 Å². The predicted octanol–water partition coefficient (Wildman–Crippen LogP) is 1.78. The van der Waals surface area contributed by atoms with Gasteiger partial charge in [-0.2, -0.15) is 0 Å². The lowest BCUT2D eigenvalue weighted by Crippen LogP contribution is -2.41. The standard InChI is InChI=1S/C13H24N2O/c1-15(10-11-5-4-6-11)13(16)9-14-12-7-2-3-8-12/h11-12,14H,2-10H2,1H3. The molecule has 0 heterocycles. The van der Waals surface area contributed by atoms with E-state index in [0.717, 1.165) is 12.5 Å². The van der Waals surface area contributed by atoms with Crippen molar-refractivity contribution in [1.29, 1.82) is 0 Å². The van der Waals surface area contributed by atoms with Crippen molar-refractivity contribution < 1.29 is 4.79 Å². The summed E-state index contributed by atoms with van der Waals surface area (Å²) in [7, 11) is 1.94. The number of likely N-dealkylation sites (N-methyl/N-ethyl adjacent to an activating group) is 1. The van der Waals surface area contributed by atoms with Gasteiger partial charge in [0.15, 0.2) is 0 Å². The van der Waals surface area contributed by atoms with Gasteiger partial charge in [-0.3, -0.25) is 4.79 Å². The number of nitrogens with one attached hydrogen (secondary N) is 1. The third kappa shape index (κ3) is 3.21. The van der Waals surface area contributed by atoms with E-state index >= 15 is 0 Å². The first kappa shape index (κ1) is 11.9. The fraction of sp³-hybridized carbons (Fsp3) is 0.923. The van der Waals surface area contributed by atoms with E-state index in [2.05, 4.69) is 5.32 Å². The smallest absolute Gasteiger partial charge is 0.236 e. The van der Waals surface area contributed by atoms with Gasteiger partial charge in [-0.25, -0.2) is 0 Å². The molecule has 1 N–H and O–H groups in total. The first-order chi connectivity index (χ1) is 7.75. The molecule has 16 heavy (non-hydrogen) atoms. The minimum absolute atomic E-state index is 0.263. The second-order valence-electron chi connectivity index (χ2n) is 5.43. The Bertz CT molecular complexity index is 232. The van der Waals surface area contributed by atoms with Gasteiger partial charge in [0.05, 0.1) is 6.54 Å². The Labute approximate surface area is 98.6 Å². The molecule has 0 aromatic carbocycles. The van der Waals surface area contributed by atoms with E-state index in [4.69, 9.17) is 0 Å². The molecule has 1 amide bonds. The molecule has 0 unspecified atom stereocenters. The number of nitrogens with zero attached hydrogens (tertiary/aromatic N) is 1. The summed E-state index contributed by atoms with van der Waals surface area (Å²) >= 11 is 0. The maximum Gasteiger partial charge on any atom is 0.236 e. The summed E-state index contributed by atoms with van der Waals surface area (Å²) in [6.45, 7) is 1.50. The molecule has 0 aromatic rings. The second-order valence-corrected chi connectivity index (χ2v) is 5.43. The molecule has 0 saturated heterocycles. The van der Waals surface area contributed by atoms with Gasteiger partial charge in [-0.1, -0.05) is 19.3 Å². The minimum atomic E-state index is 0.263. The maximum atomic E-state index is 11.8. The molecule has 0 atom stereocenters. The zero-order chi connectivity index (χ0) is 11.4. The molecule has 2 rings (SSSR count). The number of amides is 1. The van der Waals surface area contributed by atoms with Gasteiger partial charge in [0.25, 0.3) is 0 Å². The van der Waals surface area contributed by atoms with Gasteiger partial charge in [0.2, 0.25) is 5.91 Å². The number of hydrogen-bond acceptors (Lipinski definition) is 2. The highest BCUT2D eigenvalue weighted by molar-refractivity contribution is 5.78. The van der Waals surface area contributed by atoms with Crippen molar-refractivity contribution >= 4 is 5.91 Å². The van der Waals surface area contributed by atoms with Crippen molar-refractivity contribution in [3.8, 4) is 0 Å². The number of carbonyl (C=O) groups is 1. The van der Waals surface area contributed by atoms with Gasteiger partial charge >= 0.3 is 0 Å². The molecule has 0 aromatic heterocycles. The molecule has 2 aliphatic rings. The average molecular weight is 224 g/mol. The topological polar surface area (TPSA) is 32.3 Å². The van der Waals surface area contributed by atoms with E-state index in [9.17, 15) is 4.79 Å². The van der Waals surface area contributed by atoms with Crippen LogP contribution < -0.4 is 5.32 Å². The van der Waals surface area contributed by atoms with Crippen molar-refractivity contribution in [1.82, 2.24) is 10.2 Å². The molecule has 2 saturated carbocycles. The molecule has 92 valence electrons. The van der Waals surface area contributed by atoms with E-state index in [-0.39, 0.29) is 5.91 Å². The van der Waals surface area contributed by atoms with E-state index in [1.807, 2.05) is 11.9 Å². The van der Waals surface area contributed by atoms with Gasteiger partial charge in [-0.15, -0.1) is 0 Å². The van der Waals surface area contributed by atoms with Crippen LogP contribution in [0.25, 0.3) is 0 Å². The maximum absolute atomic E-state index is 11.8. The first-order valence-electron chi connectivity index (χ1n) is 6.73. The summed E-state index contributed by atoms with van der Waals surface area (Å²) in [4.78, 5) is 13.7. The van der Waals surface area contributed by atoms with E-state index in [1.165, 1.54) is 44.9 Å². The van der Waals surface area contributed by atoms with Crippen LogP contribution >= 0.6 is 0 Å². The first-order valence-corrected chi connectivity index (χ1v) is 6.73. The van der Waals surface area contributed by atoms with Crippen molar-refractivity contribution in [2.24, 2.45) is 5.92 Å². The molecular weight excluding hydrogens is 200 g/mol. The summed E-state index contributed by atoms with van der Waals surface area (Å²) in [6, 6.07) is 0.598. The average Bonchev–Trinajstić information content (AvgIpc) is 2.72. The van der Waals surface area contributed by atoms with Crippen molar-refractivity contribution in [3.05, 3.63) is 0 Å². The molecule has 0 aliphatic heterocycles. The fourth-order valence-electron chi connectivity index (χ4n) is 2.66.